The molecule has 0 spiro atoms. The van der Waals surface area contributed by atoms with Crippen LogP contribution in [0.5, 0.6) is 0 Å². The number of aryl methyl sites for hydroxylation is 1. The lowest BCUT2D eigenvalue weighted by Gasteiger charge is -2.19. The number of allylic oxidation sites excluding steroid dienone is 4. The van der Waals surface area contributed by atoms with Gasteiger partial charge in [-0.05, 0) is 57.6 Å². The highest BCUT2D eigenvalue weighted by Gasteiger charge is 2.33. The molecule has 5 heteroatoms. The fraction of sp³-hybridized carbons (Fsp3) is 0.593. The van der Waals surface area contributed by atoms with Crippen molar-refractivity contribution >= 4 is 16.8 Å². The zero-order valence-corrected chi connectivity index (χ0v) is 20.7. The Kier molecular flexibility index (Phi) is 15.7. The highest BCUT2D eigenvalue weighted by molar-refractivity contribution is 7.86. The molecule has 2 N–H and O–H groups in total. The van der Waals surface area contributed by atoms with Crippen molar-refractivity contribution in [1.29, 1.82) is 0 Å². The molecular formula is C27H42O4S. The van der Waals surface area contributed by atoms with Crippen molar-refractivity contribution in [2.45, 2.75) is 107 Å². The van der Waals surface area contributed by atoms with Crippen LogP contribution in [0.2, 0.25) is 0 Å². The van der Waals surface area contributed by atoms with E-state index in [-0.39, 0.29) is 0 Å². The number of unbranched alkanes of at least 4 members (excludes halogenated alkanes) is 8. The number of aliphatic hydroxyl groups excluding tert-OH is 1. The molecule has 0 fully saturated rings. The summed E-state index contributed by atoms with van der Waals surface area (Å²) in [5.41, 5.74) is 1.02. The molecule has 0 saturated heterocycles. The maximum absolute atomic E-state index is 12.7. The first-order valence-corrected chi connectivity index (χ1v) is 13.4. The number of aliphatic hydroxyl groups is 1. The first kappa shape index (κ1) is 28.3. The fourth-order valence-electron chi connectivity index (χ4n) is 3.53. The van der Waals surface area contributed by atoms with E-state index in [0.29, 0.717) is 11.3 Å². The molecule has 0 bridgehead atoms. The SMILES string of the molecule is CCCCC/C=C\C/C=C\CCCCCCC[C@@H](O)C(C(=O)O)S(=O)c1ccc(C)cc1. The Labute approximate surface area is 197 Å². The normalized spacial score (nSPS) is 14.7. The van der Waals surface area contributed by atoms with E-state index in [1.165, 1.54) is 25.7 Å². The van der Waals surface area contributed by atoms with Gasteiger partial charge in [-0.15, -0.1) is 0 Å². The smallest absolute Gasteiger partial charge is 0.322 e. The predicted molar refractivity (Wildman–Crippen MR) is 134 cm³/mol. The molecule has 1 aromatic rings. The standard InChI is InChI=1S/C27H42O4S/c1-3-4-5-6-7-8-9-10-11-12-13-14-15-16-17-18-25(28)26(27(29)30)32(31)24-21-19-23(2)20-22-24/h7-8,10-11,19-22,25-26,28H,3-6,9,12-18H2,1-2H3,(H,29,30)/b8-7-,11-10-/t25-,26?,32?/m1/s1. The maximum atomic E-state index is 12.7. The molecular weight excluding hydrogens is 420 g/mol. The summed E-state index contributed by atoms with van der Waals surface area (Å²) in [4.78, 5) is 12.1. The Morgan fingerprint density at radius 2 is 1.47 bits per heavy atom. The minimum Gasteiger partial charge on any atom is -0.480 e. The van der Waals surface area contributed by atoms with Crippen LogP contribution in [0.4, 0.5) is 0 Å². The minimum atomic E-state index is -1.77. The largest absolute Gasteiger partial charge is 0.480 e. The summed E-state index contributed by atoms with van der Waals surface area (Å²) in [6, 6.07) is 6.96. The highest BCUT2D eigenvalue weighted by Crippen LogP contribution is 2.19. The van der Waals surface area contributed by atoms with Gasteiger partial charge in [-0.2, -0.15) is 0 Å². The molecule has 4 nitrogen and oxygen atoms in total. The van der Waals surface area contributed by atoms with Crippen LogP contribution in [0.3, 0.4) is 0 Å². The van der Waals surface area contributed by atoms with Crippen LogP contribution in [0.25, 0.3) is 0 Å². The Hall–Kier alpha value is -1.72. The molecule has 3 atom stereocenters. The van der Waals surface area contributed by atoms with Crippen LogP contribution >= 0.6 is 0 Å². The molecule has 0 heterocycles. The molecule has 1 aromatic carbocycles. The van der Waals surface area contributed by atoms with E-state index in [0.717, 1.165) is 50.5 Å². The van der Waals surface area contributed by atoms with Crippen LogP contribution < -0.4 is 0 Å². The van der Waals surface area contributed by atoms with Crippen LogP contribution in [-0.2, 0) is 15.6 Å². The molecule has 0 aliphatic heterocycles. The zero-order valence-electron chi connectivity index (χ0n) is 19.9. The quantitative estimate of drug-likeness (QED) is 0.187. The summed E-state index contributed by atoms with van der Waals surface area (Å²) in [5, 5.41) is 18.6. The van der Waals surface area contributed by atoms with E-state index in [1.807, 2.05) is 6.92 Å². The Morgan fingerprint density at radius 1 is 0.906 bits per heavy atom. The molecule has 2 unspecified atom stereocenters. The van der Waals surface area contributed by atoms with Gasteiger partial charge < -0.3 is 10.2 Å². The minimum absolute atomic E-state index is 0.360. The number of benzene rings is 1. The molecule has 0 aliphatic rings. The number of carboxylic acids is 1. The summed E-state index contributed by atoms with van der Waals surface area (Å²) < 4.78 is 12.7. The van der Waals surface area contributed by atoms with E-state index in [9.17, 15) is 19.2 Å². The van der Waals surface area contributed by atoms with E-state index < -0.39 is 28.1 Å². The second kappa shape index (κ2) is 17.8. The van der Waals surface area contributed by atoms with Crippen molar-refractivity contribution in [2.75, 3.05) is 0 Å². The number of hydrogen-bond acceptors (Lipinski definition) is 3. The van der Waals surface area contributed by atoms with Crippen molar-refractivity contribution in [3.05, 3.63) is 54.1 Å². The highest BCUT2D eigenvalue weighted by atomic mass is 32.2. The van der Waals surface area contributed by atoms with E-state index in [4.69, 9.17) is 0 Å². The summed E-state index contributed by atoms with van der Waals surface area (Å²) in [6.45, 7) is 4.14. The molecule has 32 heavy (non-hydrogen) atoms. The summed E-state index contributed by atoms with van der Waals surface area (Å²) in [6.07, 6.45) is 20.4. The number of carboxylic acid groups (broad SMARTS) is 1. The van der Waals surface area contributed by atoms with E-state index in [1.54, 1.807) is 24.3 Å². The first-order chi connectivity index (χ1) is 15.5. The van der Waals surface area contributed by atoms with Crippen molar-refractivity contribution in [2.24, 2.45) is 0 Å². The Balaban J connectivity index is 2.18. The van der Waals surface area contributed by atoms with Crippen LogP contribution in [0, 0.1) is 6.92 Å². The number of hydrogen-bond donors (Lipinski definition) is 2. The second-order valence-electron chi connectivity index (χ2n) is 8.46. The van der Waals surface area contributed by atoms with Gasteiger partial charge in [0, 0.05) is 4.90 Å². The van der Waals surface area contributed by atoms with Gasteiger partial charge in [-0.25, -0.2) is 0 Å². The summed E-state index contributed by atoms with van der Waals surface area (Å²) >= 11 is 0. The van der Waals surface area contributed by atoms with E-state index >= 15 is 0 Å². The van der Waals surface area contributed by atoms with Gasteiger partial charge in [-0.1, -0.05) is 87.4 Å². The van der Waals surface area contributed by atoms with Crippen LogP contribution in [0.1, 0.15) is 89.5 Å². The Morgan fingerprint density at radius 3 is 2.06 bits per heavy atom. The fourth-order valence-corrected chi connectivity index (χ4v) is 4.84. The number of carbonyl (C=O) groups is 1. The van der Waals surface area contributed by atoms with Crippen molar-refractivity contribution in [1.82, 2.24) is 0 Å². The van der Waals surface area contributed by atoms with Gasteiger partial charge in [-0.3, -0.25) is 9.00 Å². The maximum Gasteiger partial charge on any atom is 0.322 e. The topological polar surface area (TPSA) is 74.6 Å². The summed E-state index contributed by atoms with van der Waals surface area (Å²) in [5.74, 6) is -1.21. The van der Waals surface area contributed by atoms with Crippen molar-refractivity contribution in [3.63, 3.8) is 0 Å². The summed E-state index contributed by atoms with van der Waals surface area (Å²) in [7, 11) is -1.77. The van der Waals surface area contributed by atoms with Gasteiger partial charge >= 0.3 is 5.97 Å². The van der Waals surface area contributed by atoms with Gasteiger partial charge in [0.25, 0.3) is 0 Å². The lowest BCUT2D eigenvalue weighted by atomic mass is 10.0. The van der Waals surface area contributed by atoms with Gasteiger partial charge in [0.15, 0.2) is 5.25 Å². The second-order valence-corrected chi connectivity index (χ2v) is 10.0. The predicted octanol–water partition coefficient (Wildman–Crippen LogP) is 6.73. The average Bonchev–Trinajstić information content (AvgIpc) is 2.76. The zero-order chi connectivity index (χ0) is 23.6. The average molecular weight is 463 g/mol. The van der Waals surface area contributed by atoms with Gasteiger partial charge in [0.1, 0.15) is 0 Å². The molecule has 0 aliphatic carbocycles. The third-order valence-corrected chi connectivity index (χ3v) is 7.24. The van der Waals surface area contributed by atoms with Crippen LogP contribution in [0.15, 0.2) is 53.5 Å². The molecule has 0 aromatic heterocycles. The molecule has 0 radical (unpaired) electrons. The van der Waals surface area contributed by atoms with Gasteiger partial charge in [0.05, 0.1) is 16.9 Å². The molecule has 1 rings (SSSR count). The lowest BCUT2D eigenvalue weighted by Crippen LogP contribution is -2.37. The lowest BCUT2D eigenvalue weighted by molar-refractivity contribution is -0.138. The third-order valence-electron chi connectivity index (χ3n) is 5.53. The molecule has 0 amide bonds. The third kappa shape index (κ3) is 12.4. The molecule has 0 saturated carbocycles. The monoisotopic (exact) mass is 462 g/mol. The molecule has 180 valence electrons. The first-order valence-electron chi connectivity index (χ1n) is 12.2. The van der Waals surface area contributed by atoms with Crippen LogP contribution in [-0.4, -0.2) is 31.7 Å². The number of rotatable bonds is 18. The van der Waals surface area contributed by atoms with Gasteiger partial charge in [0.2, 0.25) is 0 Å². The van der Waals surface area contributed by atoms with Crippen molar-refractivity contribution in [3.8, 4) is 0 Å². The van der Waals surface area contributed by atoms with Crippen molar-refractivity contribution < 1.29 is 19.2 Å². The van der Waals surface area contributed by atoms with E-state index in [2.05, 4.69) is 31.2 Å². The Bertz CT molecular complexity index is 709. The number of aliphatic carboxylic acids is 1.